The quantitative estimate of drug-likeness (QED) is 0.775. The topological polar surface area (TPSA) is 66.5 Å². The predicted octanol–water partition coefficient (Wildman–Crippen LogP) is 2.29. The third-order valence-electron chi connectivity index (χ3n) is 4.36. The van der Waals surface area contributed by atoms with E-state index in [1.165, 1.54) is 19.1 Å². The van der Waals surface area contributed by atoms with E-state index in [2.05, 4.69) is 16.5 Å². The maximum absolute atomic E-state index is 12.4. The van der Waals surface area contributed by atoms with Crippen LogP contribution in [0.25, 0.3) is 0 Å². The molecular formula is C17H26N2O3S. The molecule has 1 heterocycles. The Bertz CT molecular complexity index is 635. The number of carbonyl (C=O) groups is 1. The number of nitrogens with zero attached hydrogens (tertiary/aromatic N) is 1. The van der Waals surface area contributed by atoms with Crippen LogP contribution < -0.4 is 4.72 Å². The van der Waals surface area contributed by atoms with Gasteiger partial charge in [0.05, 0.1) is 4.90 Å². The number of piperidine rings is 1. The van der Waals surface area contributed by atoms with E-state index in [1.54, 1.807) is 12.1 Å². The van der Waals surface area contributed by atoms with Gasteiger partial charge >= 0.3 is 0 Å². The molecule has 1 aliphatic heterocycles. The van der Waals surface area contributed by atoms with Crippen molar-refractivity contribution in [2.24, 2.45) is 5.92 Å². The standard InChI is InChI=1S/C17H26N2O3S/c1-3-9-19-10-7-15(8-11-19)13-18-23(21,22)17-6-4-5-16(12-17)14(2)20/h4-6,12,15,18H,3,7-11,13H2,1-2H3. The highest BCUT2D eigenvalue weighted by atomic mass is 32.2. The molecule has 1 N–H and O–H groups in total. The van der Waals surface area contributed by atoms with Crippen molar-refractivity contribution in [3.05, 3.63) is 29.8 Å². The Balaban J connectivity index is 1.92. The summed E-state index contributed by atoms with van der Waals surface area (Å²) in [6.07, 6.45) is 3.20. The molecule has 0 spiro atoms. The largest absolute Gasteiger partial charge is 0.303 e. The summed E-state index contributed by atoms with van der Waals surface area (Å²) in [5.41, 5.74) is 0.417. The highest BCUT2D eigenvalue weighted by Crippen LogP contribution is 2.18. The Kier molecular flexibility index (Phi) is 6.33. The minimum atomic E-state index is -3.56. The molecule has 128 valence electrons. The molecule has 0 aromatic heterocycles. The van der Waals surface area contributed by atoms with Crippen molar-refractivity contribution in [1.29, 1.82) is 0 Å². The van der Waals surface area contributed by atoms with Crippen LogP contribution in [0.4, 0.5) is 0 Å². The summed E-state index contributed by atoms with van der Waals surface area (Å²) < 4.78 is 27.5. The molecule has 1 aromatic carbocycles. The van der Waals surface area contributed by atoms with E-state index in [4.69, 9.17) is 0 Å². The maximum Gasteiger partial charge on any atom is 0.240 e. The fraction of sp³-hybridized carbons (Fsp3) is 0.588. The summed E-state index contributed by atoms with van der Waals surface area (Å²) in [4.78, 5) is 14.0. The molecule has 23 heavy (non-hydrogen) atoms. The Hall–Kier alpha value is -1.24. The summed E-state index contributed by atoms with van der Waals surface area (Å²) in [7, 11) is -3.56. The highest BCUT2D eigenvalue weighted by Gasteiger charge is 2.21. The van der Waals surface area contributed by atoms with Crippen LogP contribution in [0.3, 0.4) is 0 Å². The molecule has 1 aliphatic rings. The molecule has 0 amide bonds. The number of hydrogen-bond acceptors (Lipinski definition) is 4. The van der Waals surface area contributed by atoms with Crippen LogP contribution in [0.1, 0.15) is 43.5 Å². The van der Waals surface area contributed by atoms with Crippen LogP contribution >= 0.6 is 0 Å². The average Bonchev–Trinajstić information content (AvgIpc) is 2.55. The first-order chi connectivity index (χ1) is 10.9. The lowest BCUT2D eigenvalue weighted by Crippen LogP contribution is -2.38. The number of Topliss-reactive ketones (excluding diaryl/α,β-unsaturated/α-hetero) is 1. The molecule has 0 bridgehead atoms. The highest BCUT2D eigenvalue weighted by molar-refractivity contribution is 7.89. The van der Waals surface area contributed by atoms with Crippen molar-refractivity contribution in [1.82, 2.24) is 9.62 Å². The van der Waals surface area contributed by atoms with E-state index >= 15 is 0 Å². The summed E-state index contributed by atoms with van der Waals surface area (Å²) >= 11 is 0. The zero-order chi connectivity index (χ0) is 16.9. The first-order valence-electron chi connectivity index (χ1n) is 8.25. The van der Waals surface area contributed by atoms with E-state index in [1.807, 2.05) is 0 Å². The van der Waals surface area contributed by atoms with Crippen molar-refractivity contribution >= 4 is 15.8 Å². The minimum Gasteiger partial charge on any atom is -0.303 e. The fourth-order valence-electron chi connectivity index (χ4n) is 2.92. The normalized spacial score (nSPS) is 17.3. The van der Waals surface area contributed by atoms with Gasteiger partial charge in [-0.2, -0.15) is 0 Å². The van der Waals surface area contributed by atoms with Crippen molar-refractivity contribution in [2.75, 3.05) is 26.2 Å². The molecule has 0 atom stereocenters. The van der Waals surface area contributed by atoms with Crippen molar-refractivity contribution in [3.63, 3.8) is 0 Å². The van der Waals surface area contributed by atoms with Gasteiger partial charge in [-0.25, -0.2) is 13.1 Å². The smallest absolute Gasteiger partial charge is 0.240 e. The van der Waals surface area contributed by atoms with Crippen LogP contribution in [-0.4, -0.2) is 45.3 Å². The molecule has 6 heteroatoms. The number of benzene rings is 1. The van der Waals surface area contributed by atoms with Gasteiger partial charge in [-0.3, -0.25) is 4.79 Å². The van der Waals surface area contributed by atoms with E-state index in [0.29, 0.717) is 18.0 Å². The van der Waals surface area contributed by atoms with Gasteiger partial charge in [0.1, 0.15) is 0 Å². The molecule has 1 saturated heterocycles. The van der Waals surface area contributed by atoms with E-state index in [-0.39, 0.29) is 10.7 Å². The Morgan fingerprint density at radius 2 is 2.00 bits per heavy atom. The lowest BCUT2D eigenvalue weighted by molar-refractivity contribution is 0.101. The second-order valence-corrected chi connectivity index (χ2v) is 7.99. The molecule has 1 aromatic rings. The van der Waals surface area contributed by atoms with Crippen molar-refractivity contribution in [2.45, 2.75) is 38.0 Å². The second kappa shape index (κ2) is 8.04. The van der Waals surface area contributed by atoms with Gasteiger partial charge in [0.15, 0.2) is 5.78 Å². The number of ketones is 1. The van der Waals surface area contributed by atoms with Crippen LogP contribution in [0, 0.1) is 5.92 Å². The Labute approximate surface area is 139 Å². The molecule has 2 rings (SSSR count). The number of carbonyl (C=O) groups excluding carboxylic acids is 1. The van der Waals surface area contributed by atoms with Crippen molar-refractivity contribution < 1.29 is 13.2 Å². The van der Waals surface area contributed by atoms with Gasteiger partial charge in [0.25, 0.3) is 0 Å². The van der Waals surface area contributed by atoms with E-state index < -0.39 is 10.0 Å². The van der Waals surface area contributed by atoms with Gasteiger partial charge in [-0.1, -0.05) is 19.1 Å². The summed E-state index contributed by atoms with van der Waals surface area (Å²) in [6, 6.07) is 6.20. The van der Waals surface area contributed by atoms with Crippen molar-refractivity contribution in [3.8, 4) is 0 Å². The lowest BCUT2D eigenvalue weighted by Gasteiger charge is -2.31. The lowest BCUT2D eigenvalue weighted by atomic mass is 9.97. The SMILES string of the molecule is CCCN1CCC(CNS(=O)(=O)c2cccc(C(C)=O)c2)CC1. The average molecular weight is 338 g/mol. The van der Waals surface area contributed by atoms with E-state index in [0.717, 1.165) is 38.9 Å². The number of sulfonamides is 1. The molecule has 5 nitrogen and oxygen atoms in total. The maximum atomic E-state index is 12.4. The third-order valence-corrected chi connectivity index (χ3v) is 5.78. The number of rotatable bonds is 7. The Morgan fingerprint density at radius 3 is 2.61 bits per heavy atom. The molecule has 0 saturated carbocycles. The molecule has 0 radical (unpaired) electrons. The first kappa shape index (κ1) is 18.1. The van der Waals surface area contributed by atoms with Gasteiger partial charge in [0, 0.05) is 12.1 Å². The number of hydrogen-bond donors (Lipinski definition) is 1. The van der Waals surface area contributed by atoms with Crippen LogP contribution in [0.2, 0.25) is 0 Å². The molecule has 1 fully saturated rings. The predicted molar refractivity (Wildman–Crippen MR) is 91.1 cm³/mol. The molecule has 0 aliphatic carbocycles. The second-order valence-electron chi connectivity index (χ2n) is 6.22. The van der Waals surface area contributed by atoms with Gasteiger partial charge < -0.3 is 4.90 Å². The zero-order valence-electron chi connectivity index (χ0n) is 13.9. The Morgan fingerprint density at radius 1 is 1.30 bits per heavy atom. The van der Waals surface area contributed by atoms with Crippen LogP contribution in [0.15, 0.2) is 29.2 Å². The zero-order valence-corrected chi connectivity index (χ0v) is 14.7. The fourth-order valence-corrected chi connectivity index (χ4v) is 4.09. The monoisotopic (exact) mass is 338 g/mol. The molecular weight excluding hydrogens is 312 g/mol. The van der Waals surface area contributed by atoms with Gasteiger partial charge in [-0.05, 0) is 63.9 Å². The van der Waals surface area contributed by atoms with Crippen LogP contribution in [0.5, 0.6) is 0 Å². The molecule has 0 unspecified atom stereocenters. The minimum absolute atomic E-state index is 0.134. The third kappa shape index (κ3) is 5.12. The number of nitrogens with one attached hydrogen (secondary N) is 1. The summed E-state index contributed by atoms with van der Waals surface area (Å²) in [5, 5.41) is 0. The first-order valence-corrected chi connectivity index (χ1v) is 9.73. The van der Waals surface area contributed by atoms with Crippen LogP contribution in [-0.2, 0) is 10.0 Å². The summed E-state index contributed by atoms with van der Waals surface area (Å²) in [5.74, 6) is 0.249. The number of likely N-dealkylation sites (tertiary alicyclic amines) is 1. The van der Waals surface area contributed by atoms with Gasteiger partial charge in [-0.15, -0.1) is 0 Å². The van der Waals surface area contributed by atoms with Gasteiger partial charge in [0.2, 0.25) is 10.0 Å². The summed E-state index contributed by atoms with van der Waals surface area (Å²) in [6.45, 7) is 7.28. The van der Waals surface area contributed by atoms with E-state index in [9.17, 15) is 13.2 Å².